The van der Waals surface area contributed by atoms with Gasteiger partial charge >= 0.3 is 12.6 Å². The van der Waals surface area contributed by atoms with E-state index in [0.29, 0.717) is 24.0 Å². The van der Waals surface area contributed by atoms with Crippen molar-refractivity contribution >= 4 is 23.4 Å². The number of ketones is 1. The Labute approximate surface area is 191 Å². The molecule has 1 saturated heterocycles. The first-order valence-electron chi connectivity index (χ1n) is 10.7. The first-order chi connectivity index (χ1) is 15.6. The maximum absolute atomic E-state index is 13.5. The van der Waals surface area contributed by atoms with E-state index < -0.39 is 23.9 Å². The van der Waals surface area contributed by atoms with E-state index in [2.05, 4.69) is 16.6 Å². The summed E-state index contributed by atoms with van der Waals surface area (Å²) in [5.41, 5.74) is 2.94. The van der Waals surface area contributed by atoms with Gasteiger partial charge in [-0.2, -0.15) is 8.78 Å². The third-order valence-corrected chi connectivity index (χ3v) is 6.38. The number of methoxy groups -OCH3 is 1. The van der Waals surface area contributed by atoms with Gasteiger partial charge in [0.05, 0.1) is 12.7 Å². The van der Waals surface area contributed by atoms with Crippen LogP contribution in [-0.4, -0.2) is 49.4 Å². The molecule has 3 rings (SSSR count). The van der Waals surface area contributed by atoms with Gasteiger partial charge in [-0.3, -0.25) is 9.59 Å². The van der Waals surface area contributed by atoms with Crippen molar-refractivity contribution in [2.45, 2.75) is 52.9 Å². The second kappa shape index (κ2) is 9.74. The summed E-state index contributed by atoms with van der Waals surface area (Å²) in [6.07, 6.45) is -2.80. The van der Waals surface area contributed by atoms with E-state index in [9.17, 15) is 23.2 Å². The Morgan fingerprint density at radius 1 is 1.12 bits per heavy atom. The summed E-state index contributed by atoms with van der Waals surface area (Å²) < 4.78 is 35.8. The third kappa shape index (κ3) is 5.08. The molecule has 0 N–H and O–H groups in total. The van der Waals surface area contributed by atoms with Crippen molar-refractivity contribution in [3.63, 3.8) is 0 Å². The van der Waals surface area contributed by atoms with Crippen LogP contribution in [0.1, 0.15) is 54.9 Å². The maximum Gasteiger partial charge on any atom is 0.513 e. The Hall–Kier alpha value is -3.21. The SMILES string of the molecule is CC#Cc1cc(C)c(C2=C(OC(=O)OC)CC3(CCN(C(=O)C(F)F)CC3)CC2=O)c(C)c1. The van der Waals surface area contributed by atoms with E-state index in [4.69, 9.17) is 4.74 Å². The van der Waals surface area contributed by atoms with Gasteiger partial charge in [0.2, 0.25) is 0 Å². The largest absolute Gasteiger partial charge is 0.513 e. The Bertz CT molecular complexity index is 1050. The molecule has 1 aromatic rings. The number of likely N-dealkylation sites (tertiary alicyclic amines) is 1. The van der Waals surface area contributed by atoms with Crippen LogP contribution in [0.25, 0.3) is 5.57 Å². The van der Waals surface area contributed by atoms with Crippen molar-refractivity contribution in [2.24, 2.45) is 5.41 Å². The average Bonchev–Trinajstić information content (AvgIpc) is 2.75. The highest BCUT2D eigenvalue weighted by Gasteiger charge is 2.45. The summed E-state index contributed by atoms with van der Waals surface area (Å²) in [7, 11) is 1.19. The molecule has 0 atom stereocenters. The minimum Gasteiger partial charge on any atom is -0.437 e. The van der Waals surface area contributed by atoms with Gasteiger partial charge in [-0.15, -0.1) is 5.92 Å². The predicted octanol–water partition coefficient (Wildman–Crippen LogP) is 4.41. The van der Waals surface area contributed by atoms with E-state index in [1.807, 2.05) is 26.0 Å². The van der Waals surface area contributed by atoms with Gasteiger partial charge in [0.15, 0.2) is 5.78 Å². The van der Waals surface area contributed by atoms with Crippen molar-refractivity contribution in [1.82, 2.24) is 4.90 Å². The number of ether oxygens (including phenoxy) is 2. The number of nitrogens with zero attached hydrogens (tertiary/aromatic N) is 1. The van der Waals surface area contributed by atoms with Crippen LogP contribution < -0.4 is 0 Å². The number of halogens is 2. The summed E-state index contributed by atoms with van der Waals surface area (Å²) in [6.45, 7) is 5.74. The molecule has 0 saturated carbocycles. The number of allylic oxidation sites excluding steroid dienone is 2. The van der Waals surface area contributed by atoms with E-state index >= 15 is 0 Å². The Balaban J connectivity index is 2.01. The molecule has 1 aliphatic heterocycles. The van der Waals surface area contributed by atoms with Gasteiger partial charge in [-0.05, 0) is 67.9 Å². The number of hydrogen-bond acceptors (Lipinski definition) is 5. The molecule has 8 heteroatoms. The highest BCUT2D eigenvalue weighted by atomic mass is 19.3. The summed E-state index contributed by atoms with van der Waals surface area (Å²) in [5.74, 6) is 4.70. The molecule has 1 amide bonds. The van der Waals surface area contributed by atoms with Crippen LogP contribution in [0.2, 0.25) is 0 Å². The molecular formula is C25H27F2NO5. The fourth-order valence-corrected chi connectivity index (χ4v) is 4.85. The lowest BCUT2D eigenvalue weighted by Crippen LogP contribution is -2.47. The Morgan fingerprint density at radius 3 is 2.24 bits per heavy atom. The van der Waals surface area contributed by atoms with Crippen LogP contribution in [0.3, 0.4) is 0 Å². The van der Waals surface area contributed by atoms with Crippen LogP contribution in [0.5, 0.6) is 0 Å². The number of carbonyl (C=O) groups is 3. The minimum absolute atomic E-state index is 0.125. The zero-order valence-electron chi connectivity index (χ0n) is 19.2. The summed E-state index contributed by atoms with van der Waals surface area (Å²) >= 11 is 0. The van der Waals surface area contributed by atoms with Crippen LogP contribution in [0.4, 0.5) is 13.6 Å². The lowest BCUT2D eigenvalue weighted by Gasteiger charge is -2.44. The quantitative estimate of drug-likeness (QED) is 0.495. The van der Waals surface area contributed by atoms with Crippen molar-refractivity contribution in [3.8, 4) is 11.8 Å². The molecule has 1 fully saturated rings. The van der Waals surface area contributed by atoms with Crippen LogP contribution in [0, 0.1) is 31.1 Å². The third-order valence-electron chi connectivity index (χ3n) is 6.38. The molecule has 33 heavy (non-hydrogen) atoms. The molecule has 0 radical (unpaired) electrons. The Kier molecular flexibility index (Phi) is 7.21. The summed E-state index contributed by atoms with van der Waals surface area (Å²) in [5, 5.41) is 0. The van der Waals surface area contributed by atoms with E-state index in [1.165, 1.54) is 7.11 Å². The molecule has 176 valence electrons. The van der Waals surface area contributed by atoms with Crippen molar-refractivity contribution in [2.75, 3.05) is 20.2 Å². The van der Waals surface area contributed by atoms with E-state index in [0.717, 1.165) is 21.6 Å². The van der Waals surface area contributed by atoms with Gasteiger partial charge in [0.25, 0.3) is 5.91 Å². The monoisotopic (exact) mass is 459 g/mol. The lowest BCUT2D eigenvalue weighted by molar-refractivity contribution is -0.145. The van der Waals surface area contributed by atoms with Gasteiger partial charge in [0, 0.05) is 31.5 Å². The Morgan fingerprint density at radius 2 is 1.73 bits per heavy atom. The van der Waals surface area contributed by atoms with Crippen molar-refractivity contribution < 1.29 is 32.6 Å². The first kappa shape index (κ1) is 24.4. The van der Waals surface area contributed by atoms with Gasteiger partial charge in [0.1, 0.15) is 5.76 Å². The van der Waals surface area contributed by atoms with Gasteiger partial charge < -0.3 is 14.4 Å². The molecule has 1 aromatic carbocycles. The molecule has 1 heterocycles. The minimum atomic E-state index is -3.05. The molecule has 1 spiro atoms. The number of piperidine rings is 1. The zero-order chi connectivity index (χ0) is 24.3. The predicted molar refractivity (Wildman–Crippen MR) is 117 cm³/mol. The van der Waals surface area contributed by atoms with Gasteiger partial charge in [-0.25, -0.2) is 4.79 Å². The molecule has 0 unspecified atom stereocenters. The van der Waals surface area contributed by atoms with Crippen molar-refractivity contribution in [3.05, 3.63) is 40.1 Å². The normalized spacial score (nSPS) is 17.7. The van der Waals surface area contributed by atoms with Crippen LogP contribution >= 0.6 is 0 Å². The van der Waals surface area contributed by atoms with Gasteiger partial charge in [-0.1, -0.05) is 5.92 Å². The molecular weight excluding hydrogens is 432 g/mol. The number of aryl methyl sites for hydroxylation is 2. The highest BCUT2D eigenvalue weighted by Crippen LogP contribution is 2.48. The molecule has 0 aromatic heterocycles. The second-order valence-corrected chi connectivity index (χ2v) is 8.62. The number of Topliss-reactive ketones (excluding diaryl/α,β-unsaturated/α-hetero) is 1. The molecule has 2 aliphatic rings. The molecule has 6 nitrogen and oxygen atoms in total. The zero-order valence-corrected chi connectivity index (χ0v) is 19.2. The fourth-order valence-electron chi connectivity index (χ4n) is 4.85. The van der Waals surface area contributed by atoms with E-state index in [-0.39, 0.29) is 37.5 Å². The smallest absolute Gasteiger partial charge is 0.437 e. The standard InChI is InChI=1S/C25H27F2NO5/c1-5-6-17-11-15(2)20(16(3)12-17)21-18(29)13-25(14-19(21)33-24(31)32-4)7-9-28(10-8-25)23(30)22(26)27/h11-12,22H,7-10,13-14H2,1-4H3. The second-order valence-electron chi connectivity index (χ2n) is 8.62. The number of benzene rings is 1. The fraction of sp³-hybridized carbons (Fsp3) is 0.480. The molecule has 0 bridgehead atoms. The van der Waals surface area contributed by atoms with Crippen LogP contribution in [0.15, 0.2) is 17.9 Å². The number of amides is 1. The number of hydrogen-bond donors (Lipinski definition) is 0. The van der Waals surface area contributed by atoms with Crippen molar-refractivity contribution in [1.29, 1.82) is 0 Å². The summed E-state index contributed by atoms with van der Waals surface area (Å²) in [4.78, 5) is 38.3. The number of rotatable bonds is 3. The lowest BCUT2D eigenvalue weighted by atomic mass is 9.66. The van der Waals surface area contributed by atoms with E-state index in [1.54, 1.807) is 6.92 Å². The average molecular weight is 459 g/mol. The maximum atomic E-state index is 13.5. The number of alkyl halides is 2. The first-order valence-corrected chi connectivity index (χ1v) is 10.7. The summed E-state index contributed by atoms with van der Waals surface area (Å²) in [6, 6.07) is 3.77. The van der Waals surface area contributed by atoms with Crippen LogP contribution in [-0.2, 0) is 19.1 Å². The topological polar surface area (TPSA) is 72.9 Å². The number of carbonyl (C=O) groups excluding carboxylic acids is 3. The highest BCUT2D eigenvalue weighted by molar-refractivity contribution is 6.23. The molecule has 1 aliphatic carbocycles.